The highest BCUT2D eigenvalue weighted by Gasteiger charge is 2.19. The van der Waals surface area contributed by atoms with Crippen LogP contribution in [0.2, 0.25) is 19.6 Å². The fourth-order valence-electron chi connectivity index (χ4n) is 0.772. The van der Waals surface area contributed by atoms with Gasteiger partial charge in [-0.25, -0.2) is 4.39 Å². The Bertz CT molecular complexity index is 332. The van der Waals surface area contributed by atoms with Gasteiger partial charge in [-0.05, 0) is 0 Å². The standard InChI is InChI=1S/C6H6.C3H11NO3SSi/c1-2-4-6-5-3-1;1-9(2,3)4-8(5,6)7/h1-6H;4H,1-3H3,(H,5,6,7). The van der Waals surface area contributed by atoms with Gasteiger partial charge in [0.25, 0.3) is 0 Å². The second kappa shape index (κ2) is 6.01. The molecule has 0 heterocycles. The average molecular weight is 247 g/mol. The van der Waals surface area contributed by atoms with E-state index in [0.29, 0.717) is 0 Å². The summed E-state index contributed by atoms with van der Waals surface area (Å²) < 4.78 is 30.6. The second-order valence-electron chi connectivity index (χ2n) is 3.98. The first-order valence-electron chi connectivity index (χ1n) is 4.47. The smallest absolute Gasteiger partial charge is 0.274 e. The van der Waals surface area contributed by atoms with Crippen LogP contribution in [0.5, 0.6) is 0 Å². The Balaban J connectivity index is 0.000000280. The first kappa shape index (κ1) is 14.3. The zero-order valence-electron chi connectivity index (χ0n) is 9.14. The minimum atomic E-state index is -3.97. The number of hydrogen-bond donors (Lipinski definition) is 2. The Morgan fingerprint density at radius 3 is 1.27 bits per heavy atom. The van der Waals surface area contributed by atoms with Gasteiger partial charge in [0.2, 0.25) is 0 Å². The van der Waals surface area contributed by atoms with E-state index < -0.39 is 18.5 Å². The summed E-state index contributed by atoms with van der Waals surface area (Å²) in [6.45, 7) is 5.34. The molecule has 86 valence electrons. The second-order valence-corrected chi connectivity index (χ2v) is 10.2. The molecule has 0 bridgehead atoms. The lowest BCUT2D eigenvalue weighted by molar-refractivity contribution is 0.479. The molecule has 1 aromatic rings. The van der Waals surface area contributed by atoms with Gasteiger partial charge in [-0.1, -0.05) is 56.0 Å². The fraction of sp³-hybridized carbons (Fsp3) is 0.333. The molecule has 0 atom stereocenters. The monoisotopic (exact) mass is 247 g/mol. The number of benzene rings is 1. The molecule has 0 amide bonds. The molecule has 6 heteroatoms. The van der Waals surface area contributed by atoms with E-state index in [1.54, 1.807) is 19.6 Å². The summed E-state index contributed by atoms with van der Waals surface area (Å²) in [5.41, 5.74) is 0. The van der Waals surface area contributed by atoms with Gasteiger partial charge in [-0.15, -0.1) is 0 Å². The van der Waals surface area contributed by atoms with Crippen molar-refractivity contribution in [3.05, 3.63) is 36.4 Å². The van der Waals surface area contributed by atoms with Crippen LogP contribution in [0.25, 0.3) is 0 Å². The van der Waals surface area contributed by atoms with Gasteiger partial charge in [-0.3, -0.25) is 4.55 Å². The van der Waals surface area contributed by atoms with Crippen LogP contribution >= 0.6 is 0 Å². The van der Waals surface area contributed by atoms with E-state index in [2.05, 4.69) is 4.39 Å². The molecule has 1 aromatic carbocycles. The van der Waals surface area contributed by atoms with E-state index in [0.717, 1.165) is 0 Å². The molecule has 0 aliphatic rings. The maximum absolute atomic E-state index is 10.1. The molecule has 0 aromatic heterocycles. The maximum atomic E-state index is 10.1. The molecule has 0 spiro atoms. The Labute approximate surface area is 92.3 Å². The van der Waals surface area contributed by atoms with Crippen LogP contribution in [0.3, 0.4) is 0 Å². The van der Waals surface area contributed by atoms with E-state index in [1.165, 1.54) is 0 Å². The van der Waals surface area contributed by atoms with E-state index >= 15 is 0 Å². The molecule has 4 nitrogen and oxygen atoms in total. The van der Waals surface area contributed by atoms with Crippen molar-refractivity contribution >= 4 is 18.5 Å². The summed E-state index contributed by atoms with van der Waals surface area (Å²) in [5, 5.41) is 0. The molecule has 0 saturated heterocycles. The molecule has 0 aliphatic heterocycles. The van der Waals surface area contributed by atoms with Crippen molar-refractivity contribution in [1.82, 2.24) is 4.39 Å². The van der Waals surface area contributed by atoms with Gasteiger partial charge in [0.05, 0.1) is 0 Å². The van der Waals surface area contributed by atoms with Crippen molar-refractivity contribution in [2.45, 2.75) is 19.6 Å². The Kier molecular flexibility index (Phi) is 5.74. The Hall–Kier alpha value is -0.693. The predicted molar refractivity (Wildman–Crippen MR) is 64.5 cm³/mol. The van der Waals surface area contributed by atoms with Gasteiger partial charge in [0, 0.05) is 0 Å². The lowest BCUT2D eigenvalue weighted by Crippen LogP contribution is -2.44. The highest BCUT2D eigenvalue weighted by atomic mass is 32.2. The minimum absolute atomic E-state index is 1.78. The molecule has 0 radical (unpaired) electrons. The third-order valence-electron chi connectivity index (χ3n) is 1.10. The average Bonchev–Trinajstić information content (AvgIpc) is 2.01. The third-order valence-corrected chi connectivity index (χ3v) is 4.58. The zero-order chi connectivity index (χ0) is 11.9. The van der Waals surface area contributed by atoms with Gasteiger partial charge in [-0.2, -0.15) is 8.42 Å². The third kappa shape index (κ3) is 13.3. The molecule has 0 unspecified atom stereocenters. The number of hydrogen-bond acceptors (Lipinski definition) is 2. The Morgan fingerprint density at radius 1 is 0.933 bits per heavy atom. The van der Waals surface area contributed by atoms with Crippen LogP contribution in [0.1, 0.15) is 0 Å². The number of nitrogens with one attached hydrogen (secondary N) is 1. The summed E-state index contributed by atoms with van der Waals surface area (Å²) in [7, 11) is -5.85. The molecule has 0 fully saturated rings. The lowest BCUT2D eigenvalue weighted by atomic mass is 10.4. The highest BCUT2D eigenvalue weighted by molar-refractivity contribution is 7.85. The molecule has 2 N–H and O–H groups in total. The SMILES string of the molecule is C[Si](C)(C)NS(=O)(=O)O.c1ccccc1. The van der Waals surface area contributed by atoms with E-state index in [9.17, 15) is 8.42 Å². The van der Waals surface area contributed by atoms with Crippen molar-refractivity contribution in [3.63, 3.8) is 0 Å². The van der Waals surface area contributed by atoms with Crippen molar-refractivity contribution < 1.29 is 13.0 Å². The maximum Gasteiger partial charge on any atom is 0.327 e. The topological polar surface area (TPSA) is 66.4 Å². The van der Waals surface area contributed by atoms with Crippen LogP contribution in [-0.4, -0.2) is 21.2 Å². The zero-order valence-corrected chi connectivity index (χ0v) is 11.0. The summed E-state index contributed by atoms with van der Waals surface area (Å²) in [4.78, 5) is 0. The van der Waals surface area contributed by atoms with Gasteiger partial charge in [0.1, 0.15) is 8.24 Å². The van der Waals surface area contributed by atoms with Crippen LogP contribution in [-0.2, 0) is 10.3 Å². The quantitative estimate of drug-likeness (QED) is 0.619. The molecule has 1 rings (SSSR count). The highest BCUT2D eigenvalue weighted by Crippen LogP contribution is 1.95. The van der Waals surface area contributed by atoms with E-state index in [-0.39, 0.29) is 0 Å². The van der Waals surface area contributed by atoms with E-state index in [1.807, 2.05) is 36.4 Å². The first-order chi connectivity index (χ1) is 6.71. The molecular formula is C9H17NO3SSi. The van der Waals surface area contributed by atoms with Crippen molar-refractivity contribution in [3.8, 4) is 0 Å². The van der Waals surface area contributed by atoms with Crippen LogP contribution in [0, 0.1) is 0 Å². The van der Waals surface area contributed by atoms with Gasteiger partial charge >= 0.3 is 10.3 Å². The Morgan fingerprint density at radius 2 is 1.20 bits per heavy atom. The summed E-state index contributed by atoms with van der Waals surface area (Å²) in [5.74, 6) is 0. The number of rotatable bonds is 2. The molecular weight excluding hydrogens is 230 g/mol. The normalized spacial score (nSPS) is 11.5. The summed E-state index contributed by atoms with van der Waals surface area (Å²) in [6, 6.07) is 12.0. The molecule has 0 aliphatic carbocycles. The van der Waals surface area contributed by atoms with Crippen LogP contribution in [0.15, 0.2) is 36.4 Å². The predicted octanol–water partition coefficient (Wildman–Crippen LogP) is 1.90. The van der Waals surface area contributed by atoms with E-state index in [4.69, 9.17) is 4.55 Å². The van der Waals surface area contributed by atoms with Crippen molar-refractivity contribution in [1.29, 1.82) is 0 Å². The van der Waals surface area contributed by atoms with Crippen molar-refractivity contribution in [2.75, 3.05) is 0 Å². The molecule has 0 saturated carbocycles. The largest absolute Gasteiger partial charge is 0.327 e. The van der Waals surface area contributed by atoms with Crippen molar-refractivity contribution in [2.24, 2.45) is 0 Å². The first-order valence-corrected chi connectivity index (χ1v) is 9.41. The van der Waals surface area contributed by atoms with Gasteiger partial charge < -0.3 is 0 Å². The summed E-state index contributed by atoms with van der Waals surface area (Å²) in [6.07, 6.45) is 0. The fourth-order valence-corrected chi connectivity index (χ4v) is 3.87. The molecule has 15 heavy (non-hydrogen) atoms. The minimum Gasteiger partial charge on any atom is -0.274 e. The summed E-state index contributed by atoms with van der Waals surface area (Å²) >= 11 is 0. The van der Waals surface area contributed by atoms with Gasteiger partial charge in [0.15, 0.2) is 0 Å². The van der Waals surface area contributed by atoms with Crippen LogP contribution < -0.4 is 4.39 Å². The lowest BCUT2D eigenvalue weighted by Gasteiger charge is -2.13. The van der Waals surface area contributed by atoms with Crippen LogP contribution in [0.4, 0.5) is 0 Å².